The molecule has 0 spiro atoms. The van der Waals surface area contributed by atoms with E-state index in [1.54, 1.807) is 41.7 Å². The Hall–Kier alpha value is -1.67. The Labute approximate surface area is 200 Å². The second-order valence-corrected chi connectivity index (χ2v) is 9.84. The first-order valence-corrected chi connectivity index (χ1v) is 12.5. The number of hydrogen-bond acceptors (Lipinski definition) is 6. The van der Waals surface area contributed by atoms with E-state index >= 15 is 0 Å². The molecule has 0 atom stereocenters. The highest BCUT2D eigenvalue weighted by molar-refractivity contribution is 7.98. The molecule has 0 aliphatic carbocycles. The normalized spacial score (nSPS) is 11.2. The zero-order chi connectivity index (χ0) is 22.4. The molecule has 0 unspecified atom stereocenters. The van der Waals surface area contributed by atoms with E-state index in [0.717, 1.165) is 39.4 Å². The van der Waals surface area contributed by atoms with Gasteiger partial charge in [-0.2, -0.15) is 0 Å². The number of rotatable bonds is 9. The minimum Gasteiger partial charge on any atom is -0.465 e. The van der Waals surface area contributed by atoms with Gasteiger partial charge in [0.2, 0.25) is 0 Å². The minimum absolute atomic E-state index is 0.244. The van der Waals surface area contributed by atoms with Crippen molar-refractivity contribution in [1.29, 1.82) is 0 Å². The summed E-state index contributed by atoms with van der Waals surface area (Å²) >= 11 is 15.6. The standard InChI is InChI=1S/C22H23Cl2N3O2S2/c1-14(2)27-20(13-30-12-17-8-9-18(23)10-19(17)24)25-26-22(27)31-11-15-4-6-16(7-5-15)21(28)29-3/h4-10,14H,11-13H2,1-3H3. The molecule has 9 heteroatoms. The Morgan fingerprint density at radius 1 is 1.06 bits per heavy atom. The van der Waals surface area contributed by atoms with Crippen molar-refractivity contribution in [3.8, 4) is 0 Å². The first kappa shape index (κ1) is 24.0. The number of ether oxygens (including phenoxy) is 1. The number of methoxy groups -OCH3 is 1. The molecular formula is C22H23Cl2N3O2S2. The van der Waals surface area contributed by atoms with E-state index in [1.807, 2.05) is 24.3 Å². The lowest BCUT2D eigenvalue weighted by Crippen LogP contribution is -2.07. The Morgan fingerprint density at radius 3 is 2.45 bits per heavy atom. The van der Waals surface area contributed by atoms with Crippen molar-refractivity contribution in [1.82, 2.24) is 14.8 Å². The Bertz CT molecular complexity index is 1040. The van der Waals surface area contributed by atoms with Crippen molar-refractivity contribution in [3.05, 3.63) is 75.0 Å². The molecule has 0 saturated heterocycles. The minimum atomic E-state index is -0.333. The third-order valence-electron chi connectivity index (χ3n) is 4.50. The number of carbonyl (C=O) groups is 1. The SMILES string of the molecule is COC(=O)c1ccc(CSc2nnc(CSCc3ccc(Cl)cc3Cl)n2C(C)C)cc1. The predicted molar refractivity (Wildman–Crippen MR) is 129 cm³/mol. The molecule has 31 heavy (non-hydrogen) atoms. The third kappa shape index (κ3) is 6.42. The largest absolute Gasteiger partial charge is 0.465 e. The van der Waals surface area contributed by atoms with Gasteiger partial charge in [-0.05, 0) is 49.2 Å². The van der Waals surface area contributed by atoms with Gasteiger partial charge in [-0.15, -0.1) is 22.0 Å². The molecule has 2 aromatic carbocycles. The number of thioether (sulfide) groups is 2. The highest BCUT2D eigenvalue weighted by Crippen LogP contribution is 2.29. The summed E-state index contributed by atoms with van der Waals surface area (Å²) in [6.45, 7) is 4.26. The van der Waals surface area contributed by atoms with Gasteiger partial charge in [-0.25, -0.2) is 4.79 Å². The first-order valence-electron chi connectivity index (χ1n) is 9.64. The van der Waals surface area contributed by atoms with E-state index in [9.17, 15) is 4.79 Å². The van der Waals surface area contributed by atoms with E-state index in [2.05, 4.69) is 28.6 Å². The Balaban J connectivity index is 1.62. The molecule has 0 radical (unpaired) electrons. The molecule has 0 N–H and O–H groups in total. The summed E-state index contributed by atoms with van der Waals surface area (Å²) in [4.78, 5) is 11.6. The number of carbonyl (C=O) groups excluding carboxylic acids is 1. The first-order chi connectivity index (χ1) is 14.9. The molecule has 1 aromatic heterocycles. The van der Waals surface area contributed by atoms with Crippen molar-refractivity contribution in [2.45, 2.75) is 42.3 Å². The van der Waals surface area contributed by atoms with Crippen LogP contribution in [0.1, 0.15) is 47.2 Å². The van der Waals surface area contributed by atoms with Crippen LogP contribution in [0.25, 0.3) is 0 Å². The van der Waals surface area contributed by atoms with Gasteiger partial charge in [0.05, 0.1) is 18.4 Å². The molecule has 1 heterocycles. The second-order valence-electron chi connectivity index (χ2n) is 7.07. The summed E-state index contributed by atoms with van der Waals surface area (Å²) in [6.07, 6.45) is 0. The zero-order valence-electron chi connectivity index (χ0n) is 17.5. The van der Waals surface area contributed by atoms with Crippen molar-refractivity contribution in [2.24, 2.45) is 0 Å². The van der Waals surface area contributed by atoms with Crippen LogP contribution in [0.2, 0.25) is 10.0 Å². The maximum atomic E-state index is 11.6. The fourth-order valence-corrected chi connectivity index (χ4v) is 5.47. The molecule has 3 rings (SSSR count). The van der Waals surface area contributed by atoms with E-state index < -0.39 is 0 Å². The van der Waals surface area contributed by atoms with Gasteiger partial charge in [0.25, 0.3) is 0 Å². The van der Waals surface area contributed by atoms with Crippen molar-refractivity contribution >= 4 is 52.7 Å². The van der Waals surface area contributed by atoms with Crippen LogP contribution in [-0.2, 0) is 22.0 Å². The van der Waals surface area contributed by atoms with Crippen LogP contribution in [0.3, 0.4) is 0 Å². The summed E-state index contributed by atoms with van der Waals surface area (Å²) in [5, 5.41) is 11.0. The number of nitrogens with zero attached hydrogens (tertiary/aromatic N) is 3. The highest BCUT2D eigenvalue weighted by atomic mass is 35.5. The van der Waals surface area contributed by atoms with Crippen molar-refractivity contribution in [3.63, 3.8) is 0 Å². The van der Waals surface area contributed by atoms with Gasteiger partial charge in [0.15, 0.2) is 5.16 Å². The summed E-state index contributed by atoms with van der Waals surface area (Å²) in [5.74, 6) is 2.85. The monoisotopic (exact) mass is 495 g/mol. The molecular weight excluding hydrogens is 473 g/mol. The maximum Gasteiger partial charge on any atom is 0.337 e. The van der Waals surface area contributed by atoms with Crippen LogP contribution >= 0.6 is 46.7 Å². The van der Waals surface area contributed by atoms with E-state index in [0.29, 0.717) is 15.6 Å². The molecule has 0 fully saturated rings. The number of esters is 1. The van der Waals surface area contributed by atoms with Crippen LogP contribution < -0.4 is 0 Å². The Kier molecular flexibility index (Phi) is 8.72. The average molecular weight is 496 g/mol. The topological polar surface area (TPSA) is 57.0 Å². The molecule has 5 nitrogen and oxygen atoms in total. The van der Waals surface area contributed by atoms with Crippen LogP contribution in [0, 0.1) is 0 Å². The molecule has 0 aliphatic rings. The van der Waals surface area contributed by atoms with Crippen LogP contribution in [-0.4, -0.2) is 27.8 Å². The van der Waals surface area contributed by atoms with E-state index in [1.165, 1.54) is 7.11 Å². The van der Waals surface area contributed by atoms with Gasteiger partial charge in [0, 0.05) is 27.6 Å². The average Bonchev–Trinajstić information content (AvgIpc) is 3.16. The van der Waals surface area contributed by atoms with Crippen LogP contribution in [0.4, 0.5) is 0 Å². The second kappa shape index (κ2) is 11.3. The highest BCUT2D eigenvalue weighted by Gasteiger charge is 2.16. The summed E-state index contributed by atoms with van der Waals surface area (Å²) in [6, 6.07) is 13.2. The molecule has 3 aromatic rings. The summed E-state index contributed by atoms with van der Waals surface area (Å²) in [7, 11) is 1.38. The fraction of sp³-hybridized carbons (Fsp3) is 0.318. The van der Waals surface area contributed by atoms with Crippen molar-refractivity contribution < 1.29 is 9.53 Å². The lowest BCUT2D eigenvalue weighted by molar-refractivity contribution is 0.0600. The summed E-state index contributed by atoms with van der Waals surface area (Å²) < 4.78 is 6.91. The lowest BCUT2D eigenvalue weighted by Gasteiger charge is -2.14. The van der Waals surface area contributed by atoms with Gasteiger partial charge in [0.1, 0.15) is 5.82 Å². The van der Waals surface area contributed by atoms with Crippen molar-refractivity contribution in [2.75, 3.05) is 7.11 Å². The number of halogens is 2. The number of benzene rings is 2. The molecule has 0 bridgehead atoms. The van der Waals surface area contributed by atoms with Gasteiger partial charge in [-0.1, -0.05) is 53.2 Å². The predicted octanol–water partition coefficient (Wildman–Crippen LogP) is 6.68. The van der Waals surface area contributed by atoms with E-state index in [4.69, 9.17) is 27.9 Å². The maximum absolute atomic E-state index is 11.6. The van der Waals surface area contributed by atoms with Crippen LogP contribution in [0.5, 0.6) is 0 Å². The molecule has 0 aliphatic heterocycles. The quantitative estimate of drug-likeness (QED) is 0.243. The zero-order valence-corrected chi connectivity index (χ0v) is 20.6. The molecule has 164 valence electrons. The third-order valence-corrected chi connectivity index (χ3v) is 7.08. The Morgan fingerprint density at radius 2 is 1.81 bits per heavy atom. The van der Waals surface area contributed by atoms with Crippen LogP contribution in [0.15, 0.2) is 47.6 Å². The lowest BCUT2D eigenvalue weighted by atomic mass is 10.1. The van der Waals surface area contributed by atoms with Gasteiger partial charge in [-0.3, -0.25) is 0 Å². The van der Waals surface area contributed by atoms with E-state index in [-0.39, 0.29) is 12.0 Å². The smallest absolute Gasteiger partial charge is 0.337 e. The van der Waals surface area contributed by atoms with Gasteiger partial charge >= 0.3 is 5.97 Å². The number of aromatic nitrogens is 3. The molecule has 0 amide bonds. The number of hydrogen-bond donors (Lipinski definition) is 0. The van der Waals surface area contributed by atoms with Gasteiger partial charge < -0.3 is 9.30 Å². The fourth-order valence-electron chi connectivity index (χ4n) is 2.92. The summed E-state index contributed by atoms with van der Waals surface area (Å²) in [5.41, 5.74) is 2.70. The molecule has 0 saturated carbocycles.